The van der Waals surface area contributed by atoms with E-state index in [0.717, 1.165) is 55.3 Å². The summed E-state index contributed by atoms with van der Waals surface area (Å²) in [7, 11) is 3.79. The lowest BCUT2D eigenvalue weighted by atomic mass is 9.94. The fourth-order valence-corrected chi connectivity index (χ4v) is 6.93. The number of carbonyl (C=O) groups excluding carboxylic acids is 3. The van der Waals surface area contributed by atoms with Crippen molar-refractivity contribution in [2.45, 2.75) is 102 Å². The molecular formula is C36H51N5O5. The number of rotatable bonds is 12. The van der Waals surface area contributed by atoms with Gasteiger partial charge in [0.2, 0.25) is 5.91 Å². The van der Waals surface area contributed by atoms with Crippen LogP contribution in [-0.2, 0) is 27.5 Å². The van der Waals surface area contributed by atoms with E-state index in [1.807, 2.05) is 77.3 Å². The van der Waals surface area contributed by atoms with Crippen molar-refractivity contribution in [1.82, 2.24) is 20.1 Å². The predicted octanol–water partition coefficient (Wildman–Crippen LogP) is 5.85. The maximum absolute atomic E-state index is 13.5. The Hall–Kier alpha value is -3.79. The van der Waals surface area contributed by atoms with Gasteiger partial charge in [-0.1, -0.05) is 81.0 Å². The van der Waals surface area contributed by atoms with Gasteiger partial charge in [-0.2, -0.15) is 0 Å². The third-order valence-corrected chi connectivity index (χ3v) is 9.66. The van der Waals surface area contributed by atoms with Gasteiger partial charge in [-0.3, -0.25) is 19.5 Å². The van der Waals surface area contributed by atoms with Gasteiger partial charge >= 0.3 is 12.0 Å². The van der Waals surface area contributed by atoms with E-state index in [0.29, 0.717) is 44.5 Å². The van der Waals surface area contributed by atoms with Crippen molar-refractivity contribution < 1.29 is 23.9 Å². The highest BCUT2D eigenvalue weighted by atomic mass is 16.5. The van der Waals surface area contributed by atoms with Crippen molar-refractivity contribution in [2.24, 2.45) is 0 Å². The molecule has 2 saturated carbocycles. The molecule has 1 aliphatic heterocycles. The first-order valence-corrected chi connectivity index (χ1v) is 17.1. The first kappa shape index (κ1) is 33.6. The number of esters is 1. The topological polar surface area (TPSA) is 94.7 Å². The number of nitrogens with one attached hydrogen (secondary N) is 1. The lowest BCUT2D eigenvalue weighted by Gasteiger charge is -2.40. The lowest BCUT2D eigenvalue weighted by Crippen LogP contribution is -2.56. The Kier molecular flexibility index (Phi) is 12.2. The zero-order valence-corrected chi connectivity index (χ0v) is 27.6. The van der Waals surface area contributed by atoms with Crippen LogP contribution < -0.4 is 15.2 Å². The molecule has 0 unspecified atom stereocenters. The van der Waals surface area contributed by atoms with Crippen molar-refractivity contribution in [2.75, 3.05) is 38.9 Å². The van der Waals surface area contributed by atoms with Gasteiger partial charge in [-0.15, -0.1) is 0 Å². The molecule has 0 atom stereocenters. The largest absolute Gasteiger partial charge is 0.491 e. The second-order valence-electron chi connectivity index (χ2n) is 13.0. The predicted molar refractivity (Wildman–Crippen MR) is 178 cm³/mol. The third kappa shape index (κ3) is 9.15. The average Bonchev–Trinajstić information content (AvgIpc) is 3.09. The minimum Gasteiger partial charge on any atom is -0.491 e. The van der Waals surface area contributed by atoms with E-state index in [-0.39, 0.29) is 37.1 Å². The number of nitrogens with zero attached hydrogens (tertiary/aromatic N) is 4. The number of hydrogen-bond donors (Lipinski definition) is 1. The summed E-state index contributed by atoms with van der Waals surface area (Å²) in [6.07, 6.45) is 12.4. The molecule has 2 fully saturated rings. The molecule has 2 aromatic carbocycles. The van der Waals surface area contributed by atoms with Gasteiger partial charge < -0.3 is 19.3 Å². The molecule has 0 spiro atoms. The van der Waals surface area contributed by atoms with Gasteiger partial charge in [-0.25, -0.2) is 10.2 Å². The lowest BCUT2D eigenvalue weighted by molar-refractivity contribution is -0.146. The molecule has 0 bridgehead atoms. The van der Waals surface area contributed by atoms with Crippen molar-refractivity contribution in [3.8, 4) is 5.75 Å². The SMILES string of the molecule is CN(C(=O)CCCOc1cccc2c1N(NC(=O)N(C)C1CCCCC1)CN(CC(=O)OCc1ccccc1)C2)C1CCCCC1. The van der Waals surface area contributed by atoms with Crippen LogP contribution in [0.4, 0.5) is 10.5 Å². The number of ether oxygens (including phenoxy) is 2. The Morgan fingerprint density at radius 2 is 1.52 bits per heavy atom. The van der Waals surface area contributed by atoms with Crippen LogP contribution in [-0.4, -0.2) is 78.6 Å². The highest BCUT2D eigenvalue weighted by Crippen LogP contribution is 2.36. The molecule has 2 aliphatic carbocycles. The van der Waals surface area contributed by atoms with Crippen LogP contribution in [0.1, 0.15) is 88.2 Å². The minimum absolute atomic E-state index is 0.0822. The van der Waals surface area contributed by atoms with Crippen LogP contribution in [0.5, 0.6) is 5.75 Å². The third-order valence-electron chi connectivity index (χ3n) is 9.66. The Morgan fingerprint density at radius 1 is 0.848 bits per heavy atom. The summed E-state index contributed by atoms with van der Waals surface area (Å²) in [4.78, 5) is 45.0. The first-order chi connectivity index (χ1) is 22.4. The number of benzene rings is 2. The fraction of sp³-hybridized carbons (Fsp3) is 0.583. The highest BCUT2D eigenvalue weighted by Gasteiger charge is 2.31. The average molecular weight is 634 g/mol. The van der Waals surface area contributed by atoms with Crippen molar-refractivity contribution in [3.63, 3.8) is 0 Å². The Labute approximate surface area is 274 Å². The van der Waals surface area contributed by atoms with Gasteiger partial charge in [-0.05, 0) is 49.3 Å². The number of hydrazine groups is 1. The number of amides is 3. The molecule has 1 N–H and O–H groups in total. The zero-order chi connectivity index (χ0) is 32.3. The highest BCUT2D eigenvalue weighted by molar-refractivity contribution is 5.79. The Morgan fingerprint density at radius 3 is 2.22 bits per heavy atom. The standard InChI is InChI=1S/C36H51N5O5/c1-38(30-17-8-4-9-18-30)33(42)22-13-23-45-32-21-12-16-29-24-40(25-34(43)46-26-28-14-6-3-7-15-28)27-41(35(29)32)37-36(44)39(2)31-19-10-5-11-20-31/h3,6-7,12,14-16,21,30-31H,4-5,8-11,13,17-20,22-27H2,1-2H3,(H,37,44). The van der Waals surface area contributed by atoms with E-state index < -0.39 is 0 Å². The van der Waals surface area contributed by atoms with E-state index in [2.05, 4.69) is 5.43 Å². The summed E-state index contributed by atoms with van der Waals surface area (Å²) in [5, 5.41) is 1.79. The molecule has 0 aromatic heterocycles. The summed E-state index contributed by atoms with van der Waals surface area (Å²) in [6.45, 7) is 1.48. The molecule has 250 valence electrons. The van der Waals surface area contributed by atoms with Gasteiger partial charge in [0.1, 0.15) is 18.0 Å². The van der Waals surface area contributed by atoms with Crippen LogP contribution in [0.25, 0.3) is 0 Å². The van der Waals surface area contributed by atoms with E-state index in [1.165, 1.54) is 25.7 Å². The number of para-hydroxylation sites is 1. The summed E-state index contributed by atoms with van der Waals surface area (Å²) in [5.41, 5.74) is 5.78. The maximum atomic E-state index is 13.5. The monoisotopic (exact) mass is 633 g/mol. The number of carbonyl (C=O) groups is 3. The maximum Gasteiger partial charge on any atom is 0.336 e. The summed E-state index contributed by atoms with van der Waals surface area (Å²) < 4.78 is 11.9. The van der Waals surface area contributed by atoms with Gasteiger partial charge in [0.25, 0.3) is 0 Å². The first-order valence-electron chi connectivity index (χ1n) is 17.1. The van der Waals surface area contributed by atoms with Crippen LogP contribution in [0.3, 0.4) is 0 Å². The Balaban J connectivity index is 1.23. The molecular weight excluding hydrogens is 582 g/mol. The molecule has 10 heteroatoms. The summed E-state index contributed by atoms with van der Waals surface area (Å²) in [6, 6.07) is 15.8. The van der Waals surface area contributed by atoms with Crippen molar-refractivity contribution >= 4 is 23.6 Å². The molecule has 1 heterocycles. The van der Waals surface area contributed by atoms with Crippen LogP contribution >= 0.6 is 0 Å². The molecule has 3 amide bonds. The minimum atomic E-state index is -0.326. The number of fused-ring (bicyclic) bond motifs is 1. The van der Waals surface area contributed by atoms with Crippen LogP contribution in [0, 0.1) is 0 Å². The molecule has 0 radical (unpaired) electrons. The quantitative estimate of drug-likeness (QED) is 0.232. The molecule has 46 heavy (non-hydrogen) atoms. The zero-order valence-electron chi connectivity index (χ0n) is 27.6. The molecule has 3 aliphatic rings. The van der Waals surface area contributed by atoms with Crippen molar-refractivity contribution in [1.29, 1.82) is 0 Å². The van der Waals surface area contributed by atoms with E-state index >= 15 is 0 Å². The molecule has 5 rings (SSSR count). The fourth-order valence-electron chi connectivity index (χ4n) is 6.93. The second kappa shape index (κ2) is 16.7. The van der Waals surface area contributed by atoms with E-state index in [9.17, 15) is 14.4 Å². The number of hydrogen-bond acceptors (Lipinski definition) is 7. The van der Waals surface area contributed by atoms with Gasteiger partial charge in [0.15, 0.2) is 0 Å². The summed E-state index contributed by atoms with van der Waals surface area (Å²) >= 11 is 0. The molecule has 10 nitrogen and oxygen atoms in total. The van der Waals surface area contributed by atoms with Gasteiger partial charge in [0.05, 0.1) is 19.8 Å². The molecule has 2 aromatic rings. The molecule has 0 saturated heterocycles. The number of urea groups is 1. The van der Waals surface area contributed by atoms with Crippen LogP contribution in [0.15, 0.2) is 48.5 Å². The van der Waals surface area contributed by atoms with E-state index in [4.69, 9.17) is 9.47 Å². The van der Waals surface area contributed by atoms with Gasteiger partial charge in [0, 0.05) is 39.1 Å². The van der Waals surface area contributed by atoms with Crippen molar-refractivity contribution in [3.05, 3.63) is 59.7 Å². The van der Waals surface area contributed by atoms with Crippen LogP contribution in [0.2, 0.25) is 0 Å². The second-order valence-corrected chi connectivity index (χ2v) is 13.0. The summed E-state index contributed by atoms with van der Waals surface area (Å²) in [5.74, 6) is 0.491. The number of anilines is 1. The van der Waals surface area contributed by atoms with E-state index in [1.54, 1.807) is 5.01 Å². The smallest absolute Gasteiger partial charge is 0.336 e. The Bertz CT molecular complexity index is 1290. The normalized spacial score (nSPS) is 17.6.